The first-order valence-corrected chi connectivity index (χ1v) is 10.5. The molecule has 1 aliphatic heterocycles. The van der Waals surface area contributed by atoms with E-state index in [9.17, 15) is 4.79 Å². The summed E-state index contributed by atoms with van der Waals surface area (Å²) >= 11 is 6.14. The summed E-state index contributed by atoms with van der Waals surface area (Å²) < 4.78 is 2.44. The Hall–Kier alpha value is -2.30. The van der Waals surface area contributed by atoms with E-state index in [1.807, 2.05) is 12.1 Å². The van der Waals surface area contributed by atoms with Gasteiger partial charge in [-0.25, -0.2) is 0 Å². The minimum absolute atomic E-state index is 0.415. The van der Waals surface area contributed by atoms with Crippen molar-refractivity contribution in [3.8, 4) is 11.1 Å². The summed E-state index contributed by atoms with van der Waals surface area (Å²) in [5.41, 5.74) is 8.47. The molecule has 0 fully saturated rings. The van der Waals surface area contributed by atoms with Crippen LogP contribution in [0.3, 0.4) is 0 Å². The van der Waals surface area contributed by atoms with Gasteiger partial charge in [-0.15, -0.1) is 0 Å². The maximum Gasteiger partial charge on any atom is 0.124 e. The molecule has 0 amide bonds. The van der Waals surface area contributed by atoms with Crippen LogP contribution in [0.1, 0.15) is 16.8 Å². The first-order chi connectivity index (χ1) is 13.9. The minimum Gasteiger partial charge on any atom is -0.367 e. The average Bonchev–Trinajstić information content (AvgIpc) is 3.02. The molecule has 0 unspecified atom stereocenters. The number of halogens is 1. The third-order valence-corrected chi connectivity index (χ3v) is 6.31. The van der Waals surface area contributed by atoms with E-state index >= 15 is 0 Å². The van der Waals surface area contributed by atoms with Crippen molar-refractivity contribution in [2.75, 3.05) is 38.6 Å². The van der Waals surface area contributed by atoms with Crippen LogP contribution in [-0.4, -0.2) is 49.5 Å². The van der Waals surface area contributed by atoms with Gasteiger partial charge in [-0.05, 0) is 68.4 Å². The van der Waals surface area contributed by atoms with Gasteiger partial charge < -0.3 is 19.2 Å². The predicted octanol–water partition coefficient (Wildman–Crippen LogP) is 4.70. The molecule has 0 spiro atoms. The third-order valence-electron chi connectivity index (χ3n) is 6.05. The van der Waals surface area contributed by atoms with Crippen molar-refractivity contribution in [2.24, 2.45) is 0 Å². The zero-order chi connectivity index (χ0) is 20.7. The normalized spacial score (nSPS) is 13.5. The Labute approximate surface area is 177 Å². The van der Waals surface area contributed by atoms with Gasteiger partial charge in [-0.1, -0.05) is 23.7 Å². The Morgan fingerprint density at radius 1 is 1.14 bits per heavy atom. The van der Waals surface area contributed by atoms with E-state index in [1.54, 1.807) is 0 Å². The van der Waals surface area contributed by atoms with Crippen molar-refractivity contribution in [3.63, 3.8) is 0 Å². The fourth-order valence-corrected chi connectivity index (χ4v) is 4.76. The van der Waals surface area contributed by atoms with Crippen LogP contribution in [-0.2, 0) is 17.8 Å². The Kier molecular flexibility index (Phi) is 5.41. The average molecular weight is 410 g/mol. The second kappa shape index (κ2) is 7.85. The van der Waals surface area contributed by atoms with Crippen LogP contribution in [0.15, 0.2) is 30.3 Å². The van der Waals surface area contributed by atoms with Crippen LogP contribution in [0.2, 0.25) is 5.02 Å². The van der Waals surface area contributed by atoms with Gasteiger partial charge in [0.15, 0.2) is 0 Å². The van der Waals surface area contributed by atoms with Gasteiger partial charge in [0.05, 0.1) is 11.2 Å². The summed E-state index contributed by atoms with van der Waals surface area (Å²) in [6, 6.07) is 10.3. The zero-order valence-corrected chi connectivity index (χ0v) is 18.4. The third kappa shape index (κ3) is 3.45. The fourth-order valence-electron chi connectivity index (χ4n) is 4.63. The molecule has 0 saturated heterocycles. The van der Waals surface area contributed by atoms with Gasteiger partial charge >= 0.3 is 0 Å². The Morgan fingerprint density at radius 2 is 1.86 bits per heavy atom. The van der Waals surface area contributed by atoms with Crippen LogP contribution in [0, 0.1) is 13.8 Å². The molecule has 0 atom stereocenters. The van der Waals surface area contributed by atoms with Crippen LogP contribution >= 0.6 is 11.6 Å². The number of hydrogen-bond donors (Lipinski definition) is 0. The van der Waals surface area contributed by atoms with E-state index in [0.29, 0.717) is 6.42 Å². The smallest absolute Gasteiger partial charge is 0.124 e. The second-order valence-electron chi connectivity index (χ2n) is 8.19. The second-order valence-corrected chi connectivity index (χ2v) is 8.63. The van der Waals surface area contributed by atoms with E-state index in [4.69, 9.17) is 11.6 Å². The van der Waals surface area contributed by atoms with E-state index in [2.05, 4.69) is 60.5 Å². The van der Waals surface area contributed by atoms with Crippen molar-refractivity contribution in [3.05, 3.63) is 52.2 Å². The Bertz CT molecular complexity index is 1070. The van der Waals surface area contributed by atoms with Crippen molar-refractivity contribution >= 4 is 34.5 Å². The number of aryl methyl sites for hydroxylation is 1. The molecule has 2 aromatic carbocycles. The lowest BCUT2D eigenvalue weighted by molar-refractivity contribution is -0.107. The number of rotatable bonds is 6. The molecular formula is C24H28ClN3O. The first-order valence-electron chi connectivity index (χ1n) is 10.2. The molecule has 0 bridgehead atoms. The zero-order valence-electron chi connectivity index (χ0n) is 17.6. The lowest BCUT2D eigenvalue weighted by Crippen LogP contribution is -2.37. The predicted molar refractivity (Wildman–Crippen MR) is 122 cm³/mol. The number of carbonyl (C=O) groups is 1. The van der Waals surface area contributed by atoms with Gasteiger partial charge in [-0.2, -0.15) is 0 Å². The molecule has 152 valence electrons. The van der Waals surface area contributed by atoms with Crippen molar-refractivity contribution < 1.29 is 4.79 Å². The van der Waals surface area contributed by atoms with Gasteiger partial charge in [0.2, 0.25) is 0 Å². The molecule has 0 aliphatic carbocycles. The topological polar surface area (TPSA) is 28.5 Å². The number of likely N-dealkylation sites (N-methyl/N-ethyl adjacent to an activating group) is 1. The van der Waals surface area contributed by atoms with E-state index in [-0.39, 0.29) is 0 Å². The number of carbonyl (C=O) groups excluding carboxylic acids is 1. The molecule has 2 heterocycles. The van der Waals surface area contributed by atoms with Gasteiger partial charge in [0.1, 0.15) is 6.29 Å². The van der Waals surface area contributed by atoms with Crippen molar-refractivity contribution in [1.29, 1.82) is 0 Å². The molecule has 29 heavy (non-hydrogen) atoms. The molecule has 1 aromatic heterocycles. The first kappa shape index (κ1) is 20.0. The van der Waals surface area contributed by atoms with E-state index in [1.165, 1.54) is 33.4 Å². The fraction of sp³-hybridized carbons (Fsp3) is 0.375. The molecule has 4 rings (SSSR count). The summed E-state index contributed by atoms with van der Waals surface area (Å²) in [5.74, 6) is 0. The monoisotopic (exact) mass is 409 g/mol. The lowest BCUT2D eigenvalue weighted by atomic mass is 9.89. The number of hydrogen-bond acceptors (Lipinski definition) is 3. The molecule has 1 aliphatic rings. The Balaban J connectivity index is 2.02. The molecule has 5 heteroatoms. The largest absolute Gasteiger partial charge is 0.367 e. The van der Waals surface area contributed by atoms with Crippen LogP contribution in [0.25, 0.3) is 22.0 Å². The maximum atomic E-state index is 11.6. The SMILES string of the molecule is Cc1c(CC=O)c(-c2ccc(Cl)cc2)c2cc(C)n3c2c1N(CCN(C)C)CC3. The molecular weight excluding hydrogens is 382 g/mol. The molecule has 4 nitrogen and oxygen atoms in total. The van der Waals surface area contributed by atoms with Crippen LogP contribution in [0.4, 0.5) is 5.69 Å². The summed E-state index contributed by atoms with van der Waals surface area (Å²) in [6.45, 7) is 8.32. The van der Waals surface area contributed by atoms with Gasteiger partial charge in [0, 0.05) is 48.7 Å². The number of aldehydes is 1. The maximum absolute atomic E-state index is 11.6. The molecule has 0 radical (unpaired) electrons. The van der Waals surface area contributed by atoms with E-state index in [0.717, 1.165) is 48.6 Å². The summed E-state index contributed by atoms with van der Waals surface area (Å²) in [4.78, 5) is 16.4. The van der Waals surface area contributed by atoms with Gasteiger partial charge in [0.25, 0.3) is 0 Å². The van der Waals surface area contributed by atoms with Crippen LogP contribution in [0.5, 0.6) is 0 Å². The van der Waals surface area contributed by atoms with Crippen molar-refractivity contribution in [1.82, 2.24) is 9.47 Å². The molecule has 3 aromatic rings. The summed E-state index contributed by atoms with van der Waals surface area (Å²) in [5, 5.41) is 1.96. The highest BCUT2D eigenvalue weighted by Crippen LogP contribution is 2.44. The number of aromatic nitrogens is 1. The van der Waals surface area contributed by atoms with Crippen LogP contribution < -0.4 is 4.90 Å². The highest BCUT2D eigenvalue weighted by molar-refractivity contribution is 6.30. The number of benzene rings is 2. The lowest BCUT2D eigenvalue weighted by Gasteiger charge is -2.35. The van der Waals surface area contributed by atoms with E-state index < -0.39 is 0 Å². The number of anilines is 1. The van der Waals surface area contributed by atoms with Crippen molar-refractivity contribution in [2.45, 2.75) is 26.8 Å². The summed E-state index contributed by atoms with van der Waals surface area (Å²) in [7, 11) is 4.22. The molecule has 0 saturated carbocycles. The van der Waals surface area contributed by atoms with Gasteiger partial charge in [-0.3, -0.25) is 0 Å². The quantitative estimate of drug-likeness (QED) is 0.552. The highest BCUT2D eigenvalue weighted by atomic mass is 35.5. The Morgan fingerprint density at radius 3 is 2.52 bits per heavy atom. The standard InChI is InChI=1S/C24H28ClN3O/c1-16-15-21-22(18-5-7-19(25)8-6-18)20(9-14-29)17(2)23-24(21)28(16)13-12-27(23)11-10-26(3)4/h5-8,14-15H,9-13H2,1-4H3. The highest BCUT2D eigenvalue weighted by Gasteiger charge is 2.27. The molecule has 0 N–H and O–H groups in total. The minimum atomic E-state index is 0.415. The summed E-state index contributed by atoms with van der Waals surface area (Å²) in [6.07, 6.45) is 1.44. The number of nitrogens with zero attached hydrogens (tertiary/aromatic N) is 3.